The number of amides is 3. The molecule has 1 heterocycles. The van der Waals surface area contributed by atoms with E-state index < -0.39 is 23.7 Å². The van der Waals surface area contributed by atoms with Gasteiger partial charge in [0.15, 0.2) is 5.11 Å². The molecule has 0 aromatic heterocycles. The van der Waals surface area contributed by atoms with Gasteiger partial charge in [-0.2, -0.15) is 0 Å². The predicted molar refractivity (Wildman–Crippen MR) is 83.5 cm³/mol. The van der Waals surface area contributed by atoms with Crippen LogP contribution >= 0.6 is 12.2 Å². The van der Waals surface area contributed by atoms with E-state index in [0.717, 1.165) is 11.1 Å². The van der Waals surface area contributed by atoms with Gasteiger partial charge in [0.1, 0.15) is 11.9 Å². The van der Waals surface area contributed by atoms with Crippen LogP contribution in [0.2, 0.25) is 0 Å². The fourth-order valence-electron chi connectivity index (χ4n) is 2.11. The number of hydrogen-bond acceptors (Lipinski definition) is 4. The third-order valence-corrected chi connectivity index (χ3v) is 3.86. The van der Waals surface area contributed by atoms with Crippen molar-refractivity contribution in [1.29, 1.82) is 0 Å². The van der Waals surface area contributed by atoms with Gasteiger partial charge in [-0.05, 0) is 30.4 Å². The van der Waals surface area contributed by atoms with Crippen LogP contribution in [0.4, 0.5) is 4.39 Å². The monoisotopic (exact) mass is 338 g/mol. The van der Waals surface area contributed by atoms with Crippen LogP contribution in [0.25, 0.3) is 0 Å². The van der Waals surface area contributed by atoms with Crippen LogP contribution < -0.4 is 10.7 Å². The Morgan fingerprint density at radius 1 is 1.39 bits per heavy atom. The highest BCUT2D eigenvalue weighted by atomic mass is 32.1. The molecule has 1 fully saturated rings. The van der Waals surface area contributed by atoms with E-state index in [0.29, 0.717) is 0 Å². The Hall–Kier alpha value is -2.55. The lowest BCUT2D eigenvalue weighted by Crippen LogP contribution is -2.50. The predicted octanol–water partition coefficient (Wildman–Crippen LogP) is 0.0341. The summed E-state index contributed by atoms with van der Waals surface area (Å²) < 4.78 is 13.2. The third kappa shape index (κ3) is 3.45. The van der Waals surface area contributed by atoms with Crippen molar-refractivity contribution < 1.29 is 18.8 Å². The maximum Gasteiger partial charge on any atom is 0.269 e. The molecule has 23 heavy (non-hydrogen) atoms. The van der Waals surface area contributed by atoms with Crippen molar-refractivity contribution in [3.63, 3.8) is 0 Å². The molecule has 2 rings (SSSR count). The summed E-state index contributed by atoms with van der Waals surface area (Å²) in [5.41, 5.74) is 2.53. The van der Waals surface area contributed by atoms with Gasteiger partial charge in [-0.15, -0.1) is 0 Å². The first kappa shape index (κ1) is 16.8. The summed E-state index contributed by atoms with van der Waals surface area (Å²) in [6, 6.07) is 4.16. The standard InChI is InChI=1S/C14H15FN4O3S/c1-16-11(20)7-10-13(22)18(2)14(23)19(10)17-12(21)8-4-3-5-9(15)6-8/h3-6,10H,7H2,1-2H3,(H,16,20)(H,17,21)/t10-/m0/s1. The lowest BCUT2D eigenvalue weighted by Gasteiger charge is -2.23. The zero-order valence-corrected chi connectivity index (χ0v) is 13.3. The van der Waals surface area contributed by atoms with Crippen molar-refractivity contribution >= 4 is 35.1 Å². The number of likely N-dealkylation sites (N-methyl/N-ethyl adjacent to an activating group) is 1. The Kier molecular flexibility index (Phi) is 4.89. The quantitative estimate of drug-likeness (QED) is 0.758. The van der Waals surface area contributed by atoms with Gasteiger partial charge in [0.05, 0.1) is 6.42 Å². The van der Waals surface area contributed by atoms with E-state index >= 15 is 0 Å². The normalized spacial score (nSPS) is 17.4. The van der Waals surface area contributed by atoms with Gasteiger partial charge >= 0.3 is 0 Å². The number of hydrogen-bond donors (Lipinski definition) is 2. The molecule has 1 aromatic rings. The highest BCUT2D eigenvalue weighted by Crippen LogP contribution is 2.17. The zero-order valence-electron chi connectivity index (χ0n) is 12.5. The van der Waals surface area contributed by atoms with Crippen molar-refractivity contribution in [2.24, 2.45) is 0 Å². The highest BCUT2D eigenvalue weighted by molar-refractivity contribution is 7.80. The molecule has 0 aliphatic carbocycles. The number of nitrogens with zero attached hydrogens (tertiary/aromatic N) is 2. The Labute approximate surface area is 137 Å². The summed E-state index contributed by atoms with van der Waals surface area (Å²) in [4.78, 5) is 37.1. The number of hydrazine groups is 1. The second-order valence-electron chi connectivity index (χ2n) is 4.89. The lowest BCUT2D eigenvalue weighted by atomic mass is 10.2. The molecule has 0 radical (unpaired) electrons. The van der Waals surface area contributed by atoms with Crippen molar-refractivity contribution in [3.05, 3.63) is 35.6 Å². The molecule has 7 nitrogen and oxygen atoms in total. The third-order valence-electron chi connectivity index (χ3n) is 3.39. The minimum absolute atomic E-state index is 0.0636. The molecule has 2 N–H and O–H groups in total. The van der Waals surface area contributed by atoms with E-state index in [1.807, 2.05) is 0 Å². The molecule has 0 unspecified atom stereocenters. The number of rotatable bonds is 4. The Balaban J connectivity index is 2.20. The van der Waals surface area contributed by atoms with Crippen molar-refractivity contribution in [2.75, 3.05) is 14.1 Å². The van der Waals surface area contributed by atoms with Crippen molar-refractivity contribution in [1.82, 2.24) is 20.7 Å². The van der Waals surface area contributed by atoms with Gasteiger partial charge < -0.3 is 5.32 Å². The summed E-state index contributed by atoms with van der Waals surface area (Å²) in [6.07, 6.45) is -0.163. The van der Waals surface area contributed by atoms with E-state index in [2.05, 4.69) is 10.7 Å². The SMILES string of the molecule is CNC(=O)C[C@H]1C(=O)N(C)C(=S)N1NC(=O)c1cccc(F)c1. The fourth-order valence-corrected chi connectivity index (χ4v) is 2.37. The minimum Gasteiger partial charge on any atom is -0.359 e. The first-order valence-electron chi connectivity index (χ1n) is 6.73. The van der Waals surface area contributed by atoms with Gasteiger partial charge in [-0.1, -0.05) is 6.07 Å². The molecule has 3 amide bonds. The van der Waals surface area contributed by atoms with Gasteiger partial charge in [-0.3, -0.25) is 24.7 Å². The van der Waals surface area contributed by atoms with Crippen LogP contribution in [-0.4, -0.2) is 52.9 Å². The van der Waals surface area contributed by atoms with E-state index in [1.54, 1.807) is 0 Å². The Morgan fingerprint density at radius 3 is 2.70 bits per heavy atom. The van der Waals surface area contributed by atoms with Gasteiger partial charge in [0.25, 0.3) is 11.8 Å². The number of nitrogens with one attached hydrogen (secondary N) is 2. The van der Waals surface area contributed by atoms with Crippen LogP contribution in [0, 0.1) is 5.82 Å². The maximum absolute atomic E-state index is 13.2. The first-order chi connectivity index (χ1) is 10.8. The fraction of sp³-hybridized carbons (Fsp3) is 0.286. The molecule has 1 aliphatic heterocycles. The minimum atomic E-state index is -0.940. The van der Waals surface area contributed by atoms with Crippen molar-refractivity contribution in [2.45, 2.75) is 12.5 Å². The number of carbonyl (C=O) groups excluding carboxylic acids is 3. The van der Waals surface area contributed by atoms with Gasteiger partial charge in [-0.25, -0.2) is 9.40 Å². The van der Waals surface area contributed by atoms with Crippen LogP contribution in [-0.2, 0) is 9.59 Å². The first-order valence-corrected chi connectivity index (χ1v) is 7.14. The summed E-state index contributed by atoms with van der Waals surface area (Å²) in [5, 5.41) is 3.63. The molecule has 122 valence electrons. The topological polar surface area (TPSA) is 81.8 Å². The van der Waals surface area contributed by atoms with E-state index in [9.17, 15) is 18.8 Å². The lowest BCUT2D eigenvalue weighted by molar-refractivity contribution is -0.131. The number of benzene rings is 1. The van der Waals surface area contributed by atoms with Crippen molar-refractivity contribution in [3.8, 4) is 0 Å². The average molecular weight is 338 g/mol. The summed E-state index contributed by atoms with van der Waals surface area (Å²) in [5.74, 6) is -1.96. The van der Waals surface area contributed by atoms with Crippen LogP contribution in [0.1, 0.15) is 16.8 Å². The average Bonchev–Trinajstić information content (AvgIpc) is 2.72. The second-order valence-corrected chi connectivity index (χ2v) is 5.26. The molecule has 0 bridgehead atoms. The largest absolute Gasteiger partial charge is 0.359 e. The second kappa shape index (κ2) is 6.69. The Bertz CT molecular complexity index is 682. The number of halogens is 1. The van der Waals surface area contributed by atoms with Gasteiger partial charge in [0, 0.05) is 19.7 Å². The molecule has 0 spiro atoms. The van der Waals surface area contributed by atoms with E-state index in [-0.39, 0.29) is 23.0 Å². The molecular weight excluding hydrogens is 323 g/mol. The zero-order chi connectivity index (χ0) is 17.1. The number of carbonyl (C=O) groups is 3. The molecule has 1 atom stereocenters. The molecular formula is C14H15FN4O3S. The Morgan fingerprint density at radius 2 is 2.09 bits per heavy atom. The molecule has 1 aromatic carbocycles. The van der Waals surface area contributed by atoms with E-state index in [1.165, 1.54) is 37.2 Å². The maximum atomic E-state index is 13.2. The molecule has 1 saturated heterocycles. The van der Waals surface area contributed by atoms with Crippen LogP contribution in [0.5, 0.6) is 0 Å². The van der Waals surface area contributed by atoms with E-state index in [4.69, 9.17) is 12.2 Å². The molecule has 1 aliphatic rings. The van der Waals surface area contributed by atoms with Crippen LogP contribution in [0.15, 0.2) is 24.3 Å². The summed E-state index contributed by atoms with van der Waals surface area (Å²) in [7, 11) is 2.90. The molecule has 0 saturated carbocycles. The highest BCUT2D eigenvalue weighted by Gasteiger charge is 2.42. The number of thiocarbonyl (C=S) groups is 1. The summed E-state index contributed by atoms with van der Waals surface area (Å²) in [6.45, 7) is 0. The molecule has 9 heteroatoms. The summed E-state index contributed by atoms with van der Waals surface area (Å²) >= 11 is 5.11. The van der Waals surface area contributed by atoms with Gasteiger partial charge in [0.2, 0.25) is 5.91 Å². The smallest absolute Gasteiger partial charge is 0.269 e. The van der Waals surface area contributed by atoms with Crippen LogP contribution in [0.3, 0.4) is 0 Å².